The molecule has 2 heterocycles. The minimum Gasteiger partial charge on any atom is -0.356 e. The van der Waals surface area contributed by atoms with Gasteiger partial charge in [-0.05, 0) is 49.2 Å². The highest BCUT2D eigenvalue weighted by molar-refractivity contribution is 9.10. The second-order valence-electron chi connectivity index (χ2n) is 6.47. The predicted molar refractivity (Wildman–Crippen MR) is 107 cm³/mol. The Morgan fingerprint density at radius 2 is 1.86 bits per heavy atom. The van der Waals surface area contributed by atoms with Crippen LogP contribution in [-0.4, -0.2) is 35.8 Å². The zero-order valence-electron chi connectivity index (χ0n) is 14.9. The van der Waals surface area contributed by atoms with Gasteiger partial charge in [-0.2, -0.15) is 13.2 Å². The van der Waals surface area contributed by atoms with Gasteiger partial charge in [0.25, 0.3) is 0 Å². The minimum absolute atomic E-state index is 0.0148. The quantitative estimate of drug-likeness (QED) is 0.637. The van der Waals surface area contributed by atoms with Crippen LogP contribution >= 0.6 is 27.7 Å². The van der Waals surface area contributed by atoms with E-state index >= 15 is 0 Å². The molecule has 2 aromatic rings. The molecule has 1 aliphatic heterocycles. The monoisotopic (exact) mass is 473 g/mol. The number of aromatic nitrogens is 1. The Labute approximate surface area is 174 Å². The third kappa shape index (κ3) is 5.88. The summed E-state index contributed by atoms with van der Waals surface area (Å²) in [5.41, 5.74) is -0.748. The van der Waals surface area contributed by atoms with Crippen molar-refractivity contribution in [3.8, 4) is 0 Å². The zero-order valence-corrected chi connectivity index (χ0v) is 17.3. The molecule has 0 aliphatic carbocycles. The molecule has 0 radical (unpaired) electrons. The van der Waals surface area contributed by atoms with Crippen molar-refractivity contribution >= 4 is 39.4 Å². The molecule has 0 saturated carbocycles. The number of hydrogen-bond acceptors (Lipinski definition) is 4. The van der Waals surface area contributed by atoms with Crippen LogP contribution in [0.5, 0.6) is 0 Å². The summed E-state index contributed by atoms with van der Waals surface area (Å²) in [6.07, 6.45) is -2.05. The number of benzene rings is 1. The van der Waals surface area contributed by atoms with Gasteiger partial charge in [-0.15, -0.1) is 11.8 Å². The molecule has 0 unspecified atom stereocenters. The summed E-state index contributed by atoms with van der Waals surface area (Å²) in [5, 5.41) is 3.04. The Morgan fingerprint density at radius 3 is 2.43 bits per heavy atom. The van der Waals surface area contributed by atoms with Crippen molar-refractivity contribution in [2.75, 3.05) is 23.7 Å². The van der Waals surface area contributed by atoms with Gasteiger partial charge in [0, 0.05) is 34.7 Å². The van der Waals surface area contributed by atoms with E-state index in [1.165, 1.54) is 17.8 Å². The summed E-state index contributed by atoms with van der Waals surface area (Å²) in [4.78, 5) is 19.1. The summed E-state index contributed by atoms with van der Waals surface area (Å²) >= 11 is 4.86. The molecule has 4 nitrogen and oxygen atoms in total. The lowest BCUT2D eigenvalue weighted by Crippen LogP contribution is -2.45. The maximum Gasteiger partial charge on any atom is 0.417 e. The van der Waals surface area contributed by atoms with E-state index in [1.54, 1.807) is 0 Å². The topological polar surface area (TPSA) is 45.2 Å². The summed E-state index contributed by atoms with van der Waals surface area (Å²) in [5.74, 6) is 0.866. The van der Waals surface area contributed by atoms with E-state index in [9.17, 15) is 18.0 Å². The molecular formula is C19H19BrF3N3OS. The number of carbonyl (C=O) groups excluding carboxylic acids is 1. The largest absolute Gasteiger partial charge is 0.417 e. The summed E-state index contributed by atoms with van der Waals surface area (Å²) < 4.78 is 38.9. The van der Waals surface area contributed by atoms with E-state index in [-0.39, 0.29) is 11.9 Å². The first kappa shape index (κ1) is 21.0. The molecule has 1 aromatic carbocycles. The number of piperidine rings is 1. The highest BCUT2D eigenvalue weighted by atomic mass is 79.9. The van der Waals surface area contributed by atoms with Crippen molar-refractivity contribution in [2.24, 2.45) is 0 Å². The van der Waals surface area contributed by atoms with Crippen molar-refractivity contribution in [2.45, 2.75) is 30.0 Å². The van der Waals surface area contributed by atoms with E-state index in [0.29, 0.717) is 24.7 Å². The minimum atomic E-state index is -4.38. The van der Waals surface area contributed by atoms with Crippen LogP contribution in [0.4, 0.5) is 19.0 Å². The van der Waals surface area contributed by atoms with Gasteiger partial charge in [-0.3, -0.25) is 4.79 Å². The van der Waals surface area contributed by atoms with Crippen molar-refractivity contribution in [1.29, 1.82) is 0 Å². The number of nitrogens with zero attached hydrogens (tertiary/aromatic N) is 2. The second-order valence-corrected chi connectivity index (χ2v) is 8.44. The highest BCUT2D eigenvalue weighted by Crippen LogP contribution is 2.29. The Balaban J connectivity index is 1.43. The third-order valence-electron chi connectivity index (χ3n) is 4.44. The van der Waals surface area contributed by atoms with E-state index in [2.05, 4.69) is 26.2 Å². The standard InChI is InChI=1S/C19H19BrF3N3OS/c20-14-2-4-16(5-3-14)28-12-18(27)25-15-7-9-26(10-8-15)17-6-1-13(11-24-17)19(21,22)23/h1-6,11,15H,7-10,12H2,(H,25,27). The Kier molecular flexibility index (Phi) is 6.87. The molecule has 1 saturated heterocycles. The molecule has 0 bridgehead atoms. The predicted octanol–water partition coefficient (Wildman–Crippen LogP) is 4.74. The molecule has 1 amide bonds. The van der Waals surface area contributed by atoms with Crippen molar-refractivity contribution < 1.29 is 18.0 Å². The van der Waals surface area contributed by atoms with Crippen molar-refractivity contribution in [3.63, 3.8) is 0 Å². The van der Waals surface area contributed by atoms with Gasteiger partial charge in [-0.25, -0.2) is 4.98 Å². The first-order chi connectivity index (χ1) is 13.3. The molecule has 1 aliphatic rings. The van der Waals surface area contributed by atoms with Crippen LogP contribution < -0.4 is 10.2 Å². The Morgan fingerprint density at radius 1 is 1.18 bits per heavy atom. The maximum absolute atomic E-state index is 12.6. The second kappa shape index (κ2) is 9.17. The molecule has 1 fully saturated rings. The van der Waals surface area contributed by atoms with Crippen molar-refractivity contribution in [1.82, 2.24) is 10.3 Å². The number of rotatable bonds is 5. The normalized spacial score (nSPS) is 15.5. The van der Waals surface area contributed by atoms with Crippen LogP contribution in [0.2, 0.25) is 0 Å². The van der Waals surface area contributed by atoms with Gasteiger partial charge in [-0.1, -0.05) is 15.9 Å². The number of halogens is 4. The van der Waals surface area contributed by atoms with E-state index in [1.807, 2.05) is 29.2 Å². The zero-order chi connectivity index (χ0) is 20.1. The third-order valence-corrected chi connectivity index (χ3v) is 5.98. The van der Waals surface area contributed by atoms with Crippen LogP contribution in [0.1, 0.15) is 18.4 Å². The number of hydrogen-bond donors (Lipinski definition) is 1. The average molecular weight is 474 g/mol. The fraction of sp³-hybridized carbons (Fsp3) is 0.368. The van der Waals surface area contributed by atoms with Crippen molar-refractivity contribution in [3.05, 3.63) is 52.6 Å². The van der Waals surface area contributed by atoms with Crippen LogP contribution in [0.3, 0.4) is 0 Å². The molecular weight excluding hydrogens is 455 g/mol. The van der Waals surface area contributed by atoms with Gasteiger partial charge >= 0.3 is 6.18 Å². The Bertz CT molecular complexity index is 792. The maximum atomic E-state index is 12.6. The molecule has 0 spiro atoms. The molecule has 28 heavy (non-hydrogen) atoms. The van der Waals surface area contributed by atoms with Crippen LogP contribution in [0.15, 0.2) is 52.0 Å². The van der Waals surface area contributed by atoms with Crippen LogP contribution in [-0.2, 0) is 11.0 Å². The summed E-state index contributed by atoms with van der Waals surface area (Å²) in [7, 11) is 0. The van der Waals surface area contributed by atoms with Gasteiger partial charge in [0.15, 0.2) is 0 Å². The van der Waals surface area contributed by atoms with Crippen LogP contribution in [0.25, 0.3) is 0 Å². The molecule has 150 valence electrons. The lowest BCUT2D eigenvalue weighted by atomic mass is 10.0. The number of carbonyl (C=O) groups is 1. The first-order valence-electron chi connectivity index (χ1n) is 8.77. The number of nitrogens with one attached hydrogen (secondary N) is 1. The molecule has 1 N–H and O–H groups in total. The summed E-state index contributed by atoms with van der Waals surface area (Å²) in [6.45, 7) is 1.28. The number of pyridine rings is 1. The lowest BCUT2D eigenvalue weighted by molar-refractivity contribution is -0.137. The van der Waals surface area contributed by atoms with E-state index in [4.69, 9.17) is 0 Å². The molecule has 1 aromatic heterocycles. The fourth-order valence-electron chi connectivity index (χ4n) is 2.94. The van der Waals surface area contributed by atoms with E-state index in [0.717, 1.165) is 34.5 Å². The SMILES string of the molecule is O=C(CSc1ccc(Br)cc1)NC1CCN(c2ccc(C(F)(F)F)cn2)CC1. The Hall–Kier alpha value is -1.74. The smallest absolute Gasteiger partial charge is 0.356 e. The lowest BCUT2D eigenvalue weighted by Gasteiger charge is -2.33. The number of anilines is 1. The first-order valence-corrected chi connectivity index (χ1v) is 10.5. The highest BCUT2D eigenvalue weighted by Gasteiger charge is 2.31. The average Bonchev–Trinajstić information content (AvgIpc) is 2.68. The van der Waals surface area contributed by atoms with Gasteiger partial charge < -0.3 is 10.2 Å². The molecule has 3 rings (SSSR count). The van der Waals surface area contributed by atoms with Gasteiger partial charge in [0.1, 0.15) is 5.82 Å². The summed E-state index contributed by atoms with van der Waals surface area (Å²) in [6, 6.07) is 10.3. The van der Waals surface area contributed by atoms with Gasteiger partial charge in [0.2, 0.25) is 5.91 Å². The van der Waals surface area contributed by atoms with Gasteiger partial charge in [0.05, 0.1) is 11.3 Å². The van der Waals surface area contributed by atoms with E-state index < -0.39 is 11.7 Å². The molecule has 9 heteroatoms. The molecule has 0 atom stereocenters. The number of amides is 1. The fourth-order valence-corrected chi connectivity index (χ4v) is 3.92. The number of alkyl halides is 3. The van der Waals surface area contributed by atoms with Crippen LogP contribution in [0, 0.1) is 0 Å². The number of thioether (sulfide) groups is 1.